The molecule has 0 aliphatic heterocycles. The molecule has 4 N–H and O–H groups in total. The standard InChI is InChI=1S/C27H29F8N5O3/c1-13(37-18(41)6-10-26(30,31)32)15-2-3-16-17(12-15)39-24(38-16)20(14-4-8-25(28,29)9-5-14)22-21(23(36)42)40-19(43-22)7-11-27(33,34)35/h2-3,12-14,20H,4-11H2,1H3,(H2,36,42)(H,37,41)(H,38,39)/t13-,20-/m1/s1. The molecular formula is C27H29F8N5O3. The molecule has 1 aliphatic carbocycles. The predicted molar refractivity (Wildman–Crippen MR) is 136 cm³/mol. The number of hydrogen-bond acceptors (Lipinski definition) is 5. The van der Waals surface area contributed by atoms with Crippen molar-refractivity contribution in [2.24, 2.45) is 11.7 Å². The van der Waals surface area contributed by atoms with E-state index in [1.807, 2.05) is 0 Å². The van der Waals surface area contributed by atoms with E-state index in [9.17, 15) is 44.7 Å². The third-order valence-electron chi connectivity index (χ3n) is 7.40. The van der Waals surface area contributed by atoms with E-state index in [-0.39, 0.29) is 30.3 Å². The van der Waals surface area contributed by atoms with Crippen molar-refractivity contribution in [3.63, 3.8) is 0 Å². The number of rotatable bonds is 10. The topological polar surface area (TPSA) is 127 Å². The fourth-order valence-electron chi connectivity index (χ4n) is 5.19. The highest BCUT2D eigenvalue weighted by Crippen LogP contribution is 2.45. The maximum Gasteiger partial charge on any atom is 0.389 e. The van der Waals surface area contributed by atoms with Gasteiger partial charge in [0.2, 0.25) is 11.8 Å². The van der Waals surface area contributed by atoms with E-state index in [0.29, 0.717) is 16.6 Å². The zero-order valence-electron chi connectivity index (χ0n) is 22.8. The maximum absolute atomic E-state index is 14.0. The molecule has 1 fully saturated rings. The van der Waals surface area contributed by atoms with E-state index >= 15 is 0 Å². The highest BCUT2D eigenvalue weighted by molar-refractivity contribution is 5.92. The first-order chi connectivity index (χ1) is 19.9. The second-order valence-electron chi connectivity index (χ2n) is 10.8. The molecule has 8 nitrogen and oxygen atoms in total. The lowest BCUT2D eigenvalue weighted by atomic mass is 9.76. The Morgan fingerprint density at radius 3 is 2.35 bits per heavy atom. The van der Waals surface area contributed by atoms with Crippen LogP contribution < -0.4 is 11.1 Å². The van der Waals surface area contributed by atoms with Crippen LogP contribution in [0.25, 0.3) is 11.0 Å². The van der Waals surface area contributed by atoms with Crippen LogP contribution in [-0.4, -0.2) is 45.0 Å². The van der Waals surface area contributed by atoms with Crippen molar-refractivity contribution in [1.82, 2.24) is 20.3 Å². The number of benzene rings is 1. The zero-order chi connectivity index (χ0) is 31.7. The number of imidazole rings is 1. The number of nitrogens with one attached hydrogen (secondary N) is 2. The molecule has 2 atom stereocenters. The van der Waals surface area contributed by atoms with Crippen LogP contribution in [0.1, 0.15) is 97.4 Å². The van der Waals surface area contributed by atoms with Gasteiger partial charge in [0.1, 0.15) is 11.6 Å². The van der Waals surface area contributed by atoms with Crippen molar-refractivity contribution in [1.29, 1.82) is 0 Å². The van der Waals surface area contributed by atoms with E-state index < -0.39 is 92.2 Å². The minimum absolute atomic E-state index is 0.0161. The number of aromatic amines is 1. The average molecular weight is 624 g/mol. The van der Waals surface area contributed by atoms with Gasteiger partial charge in [0.25, 0.3) is 5.91 Å². The second kappa shape index (κ2) is 12.1. The summed E-state index contributed by atoms with van der Waals surface area (Å²) < 4.78 is 110. The summed E-state index contributed by atoms with van der Waals surface area (Å²) >= 11 is 0. The molecule has 0 radical (unpaired) electrons. The van der Waals surface area contributed by atoms with Gasteiger partial charge in [-0.25, -0.2) is 18.7 Å². The second-order valence-corrected chi connectivity index (χ2v) is 10.8. The van der Waals surface area contributed by atoms with Crippen LogP contribution in [-0.2, 0) is 11.2 Å². The van der Waals surface area contributed by atoms with Gasteiger partial charge in [-0.05, 0) is 43.4 Å². The van der Waals surface area contributed by atoms with Gasteiger partial charge in [-0.15, -0.1) is 0 Å². The van der Waals surface area contributed by atoms with Gasteiger partial charge < -0.3 is 20.5 Å². The fraction of sp³-hybridized carbons (Fsp3) is 0.556. The molecule has 0 unspecified atom stereocenters. The number of H-pyrrole nitrogens is 1. The van der Waals surface area contributed by atoms with Gasteiger partial charge in [0.05, 0.1) is 35.8 Å². The van der Waals surface area contributed by atoms with Crippen molar-refractivity contribution < 1.29 is 49.1 Å². The number of nitrogens with two attached hydrogens (primary N) is 1. The van der Waals surface area contributed by atoms with Crippen LogP contribution in [0.4, 0.5) is 35.1 Å². The predicted octanol–water partition coefficient (Wildman–Crippen LogP) is 6.62. The monoisotopic (exact) mass is 623 g/mol. The van der Waals surface area contributed by atoms with Crippen LogP contribution in [0.2, 0.25) is 0 Å². The SMILES string of the molecule is C[C@@H](NC(=O)CCC(F)(F)F)c1ccc2nc([C@@H](c3oc(CCC(F)(F)F)nc3C(N)=O)C3CCC(F)(F)CC3)[nH]c2c1. The number of halogens is 8. The number of oxazole rings is 1. The number of carbonyl (C=O) groups is 2. The quantitative estimate of drug-likeness (QED) is 0.219. The Hall–Kier alpha value is -3.72. The summed E-state index contributed by atoms with van der Waals surface area (Å²) in [6.07, 6.45) is -13.9. The molecule has 2 aromatic heterocycles. The van der Waals surface area contributed by atoms with Crippen LogP contribution in [0.5, 0.6) is 0 Å². The van der Waals surface area contributed by atoms with Crippen molar-refractivity contribution >= 4 is 22.8 Å². The number of aryl methyl sites for hydroxylation is 1. The van der Waals surface area contributed by atoms with Gasteiger partial charge in [0.15, 0.2) is 11.6 Å². The van der Waals surface area contributed by atoms with Crippen molar-refractivity contribution in [2.45, 2.75) is 88.5 Å². The van der Waals surface area contributed by atoms with E-state index in [2.05, 4.69) is 20.3 Å². The van der Waals surface area contributed by atoms with Crippen molar-refractivity contribution in [3.8, 4) is 0 Å². The average Bonchev–Trinajstić information content (AvgIpc) is 3.51. The lowest BCUT2D eigenvalue weighted by molar-refractivity contribution is -0.144. The molecule has 0 spiro atoms. The molecule has 4 rings (SSSR count). The highest BCUT2D eigenvalue weighted by atomic mass is 19.4. The van der Waals surface area contributed by atoms with E-state index in [0.717, 1.165) is 0 Å². The smallest absolute Gasteiger partial charge is 0.389 e. The first-order valence-electron chi connectivity index (χ1n) is 13.5. The zero-order valence-corrected chi connectivity index (χ0v) is 22.8. The van der Waals surface area contributed by atoms with Gasteiger partial charge in [0, 0.05) is 25.7 Å². The first-order valence-corrected chi connectivity index (χ1v) is 13.5. The summed E-state index contributed by atoms with van der Waals surface area (Å²) in [4.78, 5) is 35.8. The third-order valence-corrected chi connectivity index (χ3v) is 7.40. The van der Waals surface area contributed by atoms with Gasteiger partial charge in [-0.2, -0.15) is 26.3 Å². The molecule has 1 aliphatic rings. The molecule has 3 aromatic rings. The minimum atomic E-state index is -4.53. The Morgan fingerprint density at radius 1 is 1.09 bits per heavy atom. The number of aromatic nitrogens is 3. The molecule has 43 heavy (non-hydrogen) atoms. The number of alkyl halides is 8. The van der Waals surface area contributed by atoms with Crippen LogP contribution in [0, 0.1) is 5.92 Å². The Morgan fingerprint density at radius 2 is 1.74 bits per heavy atom. The Balaban J connectivity index is 1.67. The normalized spacial score (nSPS) is 17.6. The number of hydrogen-bond donors (Lipinski definition) is 3. The molecule has 1 saturated carbocycles. The van der Waals surface area contributed by atoms with Gasteiger partial charge >= 0.3 is 12.4 Å². The molecule has 236 valence electrons. The lowest BCUT2D eigenvalue weighted by Crippen LogP contribution is -2.29. The molecule has 2 amide bonds. The first kappa shape index (κ1) is 32.2. The fourth-order valence-corrected chi connectivity index (χ4v) is 5.19. The van der Waals surface area contributed by atoms with Crippen molar-refractivity contribution in [3.05, 3.63) is 46.9 Å². The summed E-state index contributed by atoms with van der Waals surface area (Å²) in [5.41, 5.74) is 6.37. The number of fused-ring (bicyclic) bond motifs is 1. The van der Waals surface area contributed by atoms with Gasteiger partial charge in [-0.3, -0.25) is 9.59 Å². The van der Waals surface area contributed by atoms with Crippen LogP contribution in [0.3, 0.4) is 0 Å². The summed E-state index contributed by atoms with van der Waals surface area (Å²) in [6, 6.07) is 4.08. The van der Waals surface area contributed by atoms with Crippen LogP contribution in [0.15, 0.2) is 22.6 Å². The highest BCUT2D eigenvalue weighted by Gasteiger charge is 2.42. The number of primary amides is 1. The number of carbonyl (C=O) groups excluding carboxylic acids is 2. The van der Waals surface area contributed by atoms with Gasteiger partial charge in [-0.1, -0.05) is 6.07 Å². The summed E-state index contributed by atoms with van der Waals surface area (Å²) in [5.74, 6) is -6.72. The minimum Gasteiger partial charge on any atom is -0.444 e. The van der Waals surface area contributed by atoms with E-state index in [1.54, 1.807) is 25.1 Å². The summed E-state index contributed by atoms with van der Waals surface area (Å²) in [6.45, 7) is 1.57. The van der Waals surface area contributed by atoms with Crippen molar-refractivity contribution in [2.75, 3.05) is 0 Å². The third kappa shape index (κ3) is 8.44. The number of amides is 2. The Labute approximate surface area is 239 Å². The Bertz CT molecular complexity index is 1450. The molecule has 16 heteroatoms. The molecule has 0 saturated heterocycles. The molecule has 0 bridgehead atoms. The summed E-state index contributed by atoms with van der Waals surface area (Å²) in [7, 11) is 0. The summed E-state index contributed by atoms with van der Waals surface area (Å²) in [5, 5.41) is 2.49. The molecule has 2 heterocycles. The Kier molecular flexibility index (Phi) is 9.07. The molecule has 1 aromatic carbocycles. The number of nitrogens with zero attached hydrogens (tertiary/aromatic N) is 2. The van der Waals surface area contributed by atoms with E-state index in [4.69, 9.17) is 10.2 Å². The lowest BCUT2D eigenvalue weighted by Gasteiger charge is -2.32. The van der Waals surface area contributed by atoms with E-state index in [1.165, 1.54) is 0 Å². The maximum atomic E-state index is 14.0. The van der Waals surface area contributed by atoms with Crippen LogP contribution >= 0.6 is 0 Å². The largest absolute Gasteiger partial charge is 0.444 e. The molecular weight excluding hydrogens is 594 g/mol.